The summed E-state index contributed by atoms with van der Waals surface area (Å²) in [5, 5.41) is 2.03. The molecule has 0 saturated carbocycles. The summed E-state index contributed by atoms with van der Waals surface area (Å²) in [6, 6.07) is 5.87. The van der Waals surface area contributed by atoms with Gasteiger partial charge in [-0.3, -0.25) is 4.90 Å². The molecule has 0 unspecified atom stereocenters. The lowest BCUT2D eigenvalue weighted by atomic mass is 10.2. The van der Waals surface area contributed by atoms with Gasteiger partial charge in [0, 0.05) is 24.5 Å². The van der Waals surface area contributed by atoms with Crippen molar-refractivity contribution in [2.45, 2.75) is 5.03 Å². The average Bonchev–Trinajstić information content (AvgIpc) is 2.61. The van der Waals surface area contributed by atoms with Crippen LogP contribution in [0.2, 0.25) is 0 Å². The van der Waals surface area contributed by atoms with E-state index >= 15 is 0 Å². The van der Waals surface area contributed by atoms with Crippen LogP contribution in [0.5, 0.6) is 5.75 Å². The van der Waals surface area contributed by atoms with Crippen molar-refractivity contribution in [2.24, 2.45) is 0 Å². The quantitative estimate of drug-likeness (QED) is 0.486. The van der Waals surface area contributed by atoms with E-state index < -0.39 is 0 Å². The molecule has 5 nitrogen and oxygen atoms in total. The molecule has 0 aliphatic carbocycles. The largest absolute Gasteiger partial charge is 0.481 e. The molecule has 1 saturated heterocycles. The molecule has 0 spiro atoms. The van der Waals surface area contributed by atoms with Gasteiger partial charge < -0.3 is 9.47 Å². The van der Waals surface area contributed by atoms with E-state index in [1.807, 2.05) is 24.5 Å². The molecule has 2 heterocycles. The van der Waals surface area contributed by atoms with E-state index in [1.54, 1.807) is 18.1 Å². The first-order valence-corrected chi connectivity index (χ1v) is 8.76. The van der Waals surface area contributed by atoms with Gasteiger partial charge in [-0.25, -0.2) is 9.97 Å². The molecule has 6 heteroatoms. The Hall–Kier alpha value is -1.81. The van der Waals surface area contributed by atoms with E-state index in [0.29, 0.717) is 6.61 Å². The number of rotatable bonds is 4. The summed E-state index contributed by atoms with van der Waals surface area (Å²) >= 11 is 1.61. The number of thioether (sulfide) groups is 1. The van der Waals surface area contributed by atoms with Crippen LogP contribution < -0.4 is 4.74 Å². The fourth-order valence-electron chi connectivity index (χ4n) is 2.36. The van der Waals surface area contributed by atoms with Crippen molar-refractivity contribution in [3.05, 3.63) is 24.5 Å². The third-order valence-corrected chi connectivity index (χ3v) is 4.32. The number of benzene rings is 1. The van der Waals surface area contributed by atoms with Crippen LogP contribution in [0.25, 0.3) is 10.9 Å². The fourth-order valence-corrected chi connectivity index (χ4v) is 2.91. The number of hydrogen-bond acceptors (Lipinski definition) is 6. The highest BCUT2D eigenvalue weighted by molar-refractivity contribution is 7.98. The van der Waals surface area contributed by atoms with Crippen molar-refractivity contribution >= 4 is 22.7 Å². The summed E-state index contributed by atoms with van der Waals surface area (Å²) in [5.41, 5.74) is 0.892. The zero-order chi connectivity index (χ0) is 15.9. The minimum atomic E-state index is 0.385. The zero-order valence-corrected chi connectivity index (χ0v) is 13.9. The van der Waals surface area contributed by atoms with Crippen LogP contribution in [0.15, 0.2) is 29.6 Å². The predicted molar refractivity (Wildman–Crippen MR) is 91.8 cm³/mol. The first-order chi connectivity index (χ1) is 11.4. The molecule has 1 aliphatic heterocycles. The lowest BCUT2D eigenvalue weighted by Crippen LogP contribution is -2.36. The Labute approximate surface area is 140 Å². The van der Waals surface area contributed by atoms with Crippen molar-refractivity contribution in [2.75, 3.05) is 45.7 Å². The lowest BCUT2D eigenvalue weighted by Gasteiger charge is -2.24. The third-order valence-electron chi connectivity index (χ3n) is 3.61. The molecule has 0 radical (unpaired) electrons. The maximum Gasteiger partial charge on any atom is 0.149 e. The Kier molecular flexibility index (Phi) is 5.70. The first kappa shape index (κ1) is 16.1. The highest BCUT2D eigenvalue weighted by Crippen LogP contribution is 2.25. The van der Waals surface area contributed by atoms with Gasteiger partial charge in [-0.05, 0) is 18.4 Å². The molecule has 0 amide bonds. The molecule has 120 valence electrons. The van der Waals surface area contributed by atoms with Gasteiger partial charge in [0.15, 0.2) is 0 Å². The summed E-state index contributed by atoms with van der Waals surface area (Å²) < 4.78 is 11.0. The molecule has 1 aromatic carbocycles. The van der Waals surface area contributed by atoms with Crippen LogP contribution in [-0.4, -0.2) is 60.6 Å². The lowest BCUT2D eigenvalue weighted by molar-refractivity contribution is 0.0443. The van der Waals surface area contributed by atoms with Crippen LogP contribution in [0, 0.1) is 11.8 Å². The Bertz CT molecular complexity index is 721. The highest BCUT2D eigenvalue weighted by atomic mass is 32.2. The number of hydrogen-bond donors (Lipinski definition) is 0. The number of ether oxygens (including phenoxy) is 2. The summed E-state index contributed by atoms with van der Waals surface area (Å²) in [4.78, 5) is 10.8. The molecule has 2 aromatic rings. The van der Waals surface area contributed by atoms with Crippen LogP contribution in [0.3, 0.4) is 0 Å². The Morgan fingerprint density at radius 2 is 2.13 bits per heavy atom. The minimum Gasteiger partial charge on any atom is -0.481 e. The topological polar surface area (TPSA) is 47.5 Å². The average molecular weight is 329 g/mol. The van der Waals surface area contributed by atoms with Gasteiger partial charge in [0.1, 0.15) is 23.7 Å². The fraction of sp³-hybridized carbons (Fsp3) is 0.412. The van der Waals surface area contributed by atoms with Crippen LogP contribution in [0.1, 0.15) is 0 Å². The molecule has 1 aliphatic rings. The summed E-state index contributed by atoms with van der Waals surface area (Å²) in [7, 11) is 0. The van der Waals surface area contributed by atoms with E-state index in [-0.39, 0.29) is 0 Å². The second-order valence-electron chi connectivity index (χ2n) is 5.09. The van der Waals surface area contributed by atoms with Crippen molar-refractivity contribution in [1.29, 1.82) is 0 Å². The van der Waals surface area contributed by atoms with Gasteiger partial charge in [-0.2, -0.15) is 0 Å². The van der Waals surface area contributed by atoms with Crippen molar-refractivity contribution < 1.29 is 9.47 Å². The molecule has 0 atom stereocenters. The predicted octanol–water partition coefficient (Wildman–Crippen LogP) is 2.07. The van der Waals surface area contributed by atoms with E-state index in [4.69, 9.17) is 9.47 Å². The summed E-state index contributed by atoms with van der Waals surface area (Å²) in [6.07, 6.45) is 3.59. The monoisotopic (exact) mass is 329 g/mol. The zero-order valence-electron chi connectivity index (χ0n) is 13.1. The van der Waals surface area contributed by atoms with Gasteiger partial charge in [0.25, 0.3) is 0 Å². The second-order valence-corrected chi connectivity index (χ2v) is 5.89. The van der Waals surface area contributed by atoms with Crippen molar-refractivity contribution in [3.63, 3.8) is 0 Å². The normalized spacial score (nSPS) is 15.2. The minimum absolute atomic E-state index is 0.385. The molecule has 1 fully saturated rings. The molecule has 1 aromatic heterocycles. The highest BCUT2D eigenvalue weighted by Gasteiger charge is 2.07. The maximum atomic E-state index is 5.69. The molecular weight excluding hydrogens is 310 g/mol. The molecule has 23 heavy (non-hydrogen) atoms. The third kappa shape index (κ3) is 4.35. The Balaban J connectivity index is 1.55. The van der Waals surface area contributed by atoms with Crippen molar-refractivity contribution in [3.8, 4) is 17.6 Å². The summed E-state index contributed by atoms with van der Waals surface area (Å²) in [5.74, 6) is 6.99. The smallest absolute Gasteiger partial charge is 0.149 e. The molecule has 3 rings (SSSR count). The van der Waals surface area contributed by atoms with Gasteiger partial charge in [-0.1, -0.05) is 11.8 Å². The number of aromatic nitrogens is 2. The molecule has 0 bridgehead atoms. The number of nitrogens with zero attached hydrogens (tertiary/aromatic N) is 3. The van der Waals surface area contributed by atoms with Gasteiger partial charge in [-0.15, -0.1) is 11.8 Å². The Morgan fingerprint density at radius 3 is 2.96 bits per heavy atom. The maximum absolute atomic E-state index is 5.69. The van der Waals surface area contributed by atoms with E-state index in [2.05, 4.69) is 26.7 Å². The second kappa shape index (κ2) is 8.16. The van der Waals surface area contributed by atoms with Crippen molar-refractivity contribution in [1.82, 2.24) is 14.9 Å². The van der Waals surface area contributed by atoms with E-state index in [9.17, 15) is 0 Å². The van der Waals surface area contributed by atoms with E-state index in [1.165, 1.54) is 0 Å². The van der Waals surface area contributed by atoms with E-state index in [0.717, 1.165) is 54.5 Å². The molecule has 0 N–H and O–H groups in total. The van der Waals surface area contributed by atoms with Crippen LogP contribution in [0.4, 0.5) is 0 Å². The number of morpholine rings is 1. The van der Waals surface area contributed by atoms with Crippen LogP contribution >= 0.6 is 11.8 Å². The van der Waals surface area contributed by atoms with Gasteiger partial charge >= 0.3 is 0 Å². The van der Waals surface area contributed by atoms with Gasteiger partial charge in [0.2, 0.25) is 0 Å². The summed E-state index contributed by atoms with van der Waals surface area (Å²) in [6.45, 7) is 4.67. The molecular formula is C17H19N3O2S. The Morgan fingerprint density at radius 1 is 1.26 bits per heavy atom. The van der Waals surface area contributed by atoms with Crippen LogP contribution in [-0.2, 0) is 4.74 Å². The first-order valence-electron chi connectivity index (χ1n) is 7.54. The number of fused-ring (bicyclic) bond motifs is 1. The SMILES string of the molecule is CSc1ncnc2cc(OCC#CCN3CCOCC3)ccc12. The van der Waals surface area contributed by atoms with Gasteiger partial charge in [0.05, 0.1) is 25.3 Å². The standard InChI is InChI=1S/C17H19N3O2S/c1-23-17-15-5-4-14(12-16(15)18-13-19-17)22-9-3-2-6-20-7-10-21-11-8-20/h4-5,12-13H,6-11H2,1H3.